The summed E-state index contributed by atoms with van der Waals surface area (Å²) < 4.78 is 0. The molecule has 0 aromatic heterocycles. The topological polar surface area (TPSA) is 52.6 Å². The Balaban J connectivity index is 2.59. The number of likely N-dealkylation sites (N-methyl/N-ethyl adjacent to an activating group) is 2. The summed E-state index contributed by atoms with van der Waals surface area (Å²) >= 11 is 0. The molecule has 4 nitrogen and oxygen atoms in total. The third-order valence-electron chi connectivity index (χ3n) is 2.41. The quantitative estimate of drug-likeness (QED) is 0.780. The second kappa shape index (κ2) is 6.12. The molecule has 16 heavy (non-hydrogen) atoms. The summed E-state index contributed by atoms with van der Waals surface area (Å²) in [4.78, 5) is 13.2. The van der Waals surface area contributed by atoms with Crippen LogP contribution in [-0.4, -0.2) is 36.1 Å². The SMILES string of the molecule is CCN(CC(=O)NC)Cc1cccc(O)c1. The van der Waals surface area contributed by atoms with Gasteiger partial charge in [0, 0.05) is 13.6 Å². The van der Waals surface area contributed by atoms with Crippen molar-refractivity contribution in [2.75, 3.05) is 20.1 Å². The van der Waals surface area contributed by atoms with Gasteiger partial charge in [-0.25, -0.2) is 0 Å². The van der Waals surface area contributed by atoms with Gasteiger partial charge in [-0.2, -0.15) is 0 Å². The number of hydrogen-bond donors (Lipinski definition) is 2. The van der Waals surface area contributed by atoms with E-state index in [1.165, 1.54) is 0 Å². The third-order valence-corrected chi connectivity index (χ3v) is 2.41. The minimum atomic E-state index is 0.00185. The van der Waals surface area contributed by atoms with E-state index in [2.05, 4.69) is 5.32 Å². The summed E-state index contributed by atoms with van der Waals surface area (Å²) in [6.07, 6.45) is 0. The zero-order valence-corrected chi connectivity index (χ0v) is 9.73. The van der Waals surface area contributed by atoms with Crippen LogP contribution in [0.2, 0.25) is 0 Å². The van der Waals surface area contributed by atoms with Gasteiger partial charge >= 0.3 is 0 Å². The van der Waals surface area contributed by atoms with Gasteiger partial charge in [0.15, 0.2) is 0 Å². The Morgan fingerprint density at radius 1 is 1.50 bits per heavy atom. The number of carbonyl (C=O) groups is 1. The molecular weight excluding hydrogens is 204 g/mol. The average Bonchev–Trinajstić information content (AvgIpc) is 2.28. The summed E-state index contributed by atoms with van der Waals surface area (Å²) in [6.45, 7) is 3.84. The lowest BCUT2D eigenvalue weighted by molar-refractivity contribution is -0.121. The molecule has 0 fully saturated rings. The Morgan fingerprint density at radius 2 is 2.25 bits per heavy atom. The first-order chi connectivity index (χ1) is 7.65. The Hall–Kier alpha value is -1.55. The number of aromatic hydroxyl groups is 1. The lowest BCUT2D eigenvalue weighted by Gasteiger charge is -2.19. The summed E-state index contributed by atoms with van der Waals surface area (Å²) in [5.41, 5.74) is 1.01. The number of rotatable bonds is 5. The van der Waals surface area contributed by atoms with Gasteiger partial charge in [0.2, 0.25) is 5.91 Å². The molecule has 0 radical (unpaired) electrons. The molecule has 0 unspecified atom stereocenters. The van der Waals surface area contributed by atoms with Gasteiger partial charge < -0.3 is 10.4 Å². The molecule has 1 rings (SSSR count). The van der Waals surface area contributed by atoms with Gasteiger partial charge in [-0.05, 0) is 24.2 Å². The van der Waals surface area contributed by atoms with Crippen molar-refractivity contribution in [1.29, 1.82) is 0 Å². The van der Waals surface area contributed by atoms with E-state index in [4.69, 9.17) is 0 Å². The van der Waals surface area contributed by atoms with Crippen molar-refractivity contribution in [2.24, 2.45) is 0 Å². The fourth-order valence-electron chi connectivity index (χ4n) is 1.47. The number of nitrogens with one attached hydrogen (secondary N) is 1. The van der Waals surface area contributed by atoms with Crippen molar-refractivity contribution in [2.45, 2.75) is 13.5 Å². The molecule has 0 aliphatic carbocycles. The van der Waals surface area contributed by atoms with Gasteiger partial charge in [-0.15, -0.1) is 0 Å². The van der Waals surface area contributed by atoms with Crippen LogP contribution in [0, 0.1) is 0 Å². The fourth-order valence-corrected chi connectivity index (χ4v) is 1.47. The summed E-state index contributed by atoms with van der Waals surface area (Å²) in [6, 6.07) is 7.09. The van der Waals surface area contributed by atoms with E-state index in [1.807, 2.05) is 17.9 Å². The largest absolute Gasteiger partial charge is 0.508 e. The minimum absolute atomic E-state index is 0.00185. The van der Waals surface area contributed by atoms with Crippen LogP contribution in [-0.2, 0) is 11.3 Å². The van der Waals surface area contributed by atoms with Gasteiger partial charge in [0.25, 0.3) is 0 Å². The molecule has 0 bridgehead atoms. The van der Waals surface area contributed by atoms with Crippen LogP contribution >= 0.6 is 0 Å². The zero-order valence-electron chi connectivity index (χ0n) is 9.73. The summed E-state index contributed by atoms with van der Waals surface area (Å²) in [7, 11) is 1.63. The Morgan fingerprint density at radius 3 is 2.81 bits per heavy atom. The van der Waals surface area contributed by atoms with Crippen molar-refractivity contribution in [3.8, 4) is 5.75 Å². The molecule has 0 spiro atoms. The first kappa shape index (κ1) is 12.5. The molecule has 0 saturated heterocycles. The van der Waals surface area contributed by atoms with Crippen LogP contribution in [0.1, 0.15) is 12.5 Å². The van der Waals surface area contributed by atoms with E-state index in [1.54, 1.807) is 25.2 Å². The molecule has 88 valence electrons. The van der Waals surface area contributed by atoms with E-state index in [9.17, 15) is 9.90 Å². The standard InChI is InChI=1S/C12H18N2O2/c1-3-14(9-12(16)13-2)8-10-5-4-6-11(15)7-10/h4-7,15H,3,8-9H2,1-2H3,(H,13,16). The fraction of sp³-hybridized carbons (Fsp3) is 0.417. The first-order valence-electron chi connectivity index (χ1n) is 5.36. The molecule has 0 saturated carbocycles. The zero-order chi connectivity index (χ0) is 12.0. The predicted octanol–water partition coefficient (Wildman–Crippen LogP) is 0.960. The number of carbonyl (C=O) groups excluding carboxylic acids is 1. The summed E-state index contributed by atoms with van der Waals surface area (Å²) in [5.74, 6) is 0.260. The van der Waals surface area contributed by atoms with E-state index in [0.29, 0.717) is 13.1 Å². The molecule has 2 N–H and O–H groups in total. The molecule has 1 aromatic rings. The Labute approximate surface area is 95.9 Å². The molecule has 0 heterocycles. The van der Waals surface area contributed by atoms with Crippen LogP contribution < -0.4 is 5.32 Å². The highest BCUT2D eigenvalue weighted by Crippen LogP contribution is 2.12. The van der Waals surface area contributed by atoms with Crippen molar-refractivity contribution in [3.63, 3.8) is 0 Å². The number of benzene rings is 1. The first-order valence-corrected chi connectivity index (χ1v) is 5.36. The highest BCUT2D eigenvalue weighted by Gasteiger charge is 2.08. The number of phenols is 1. The molecule has 0 atom stereocenters. The number of nitrogens with zero attached hydrogens (tertiary/aromatic N) is 1. The van der Waals surface area contributed by atoms with E-state index in [0.717, 1.165) is 12.1 Å². The van der Waals surface area contributed by atoms with E-state index in [-0.39, 0.29) is 11.7 Å². The third kappa shape index (κ3) is 3.90. The van der Waals surface area contributed by atoms with E-state index < -0.39 is 0 Å². The minimum Gasteiger partial charge on any atom is -0.508 e. The van der Waals surface area contributed by atoms with Crippen molar-refractivity contribution in [1.82, 2.24) is 10.2 Å². The maximum absolute atomic E-state index is 11.2. The monoisotopic (exact) mass is 222 g/mol. The van der Waals surface area contributed by atoms with Crippen molar-refractivity contribution in [3.05, 3.63) is 29.8 Å². The maximum Gasteiger partial charge on any atom is 0.233 e. The Kier molecular flexibility index (Phi) is 4.79. The van der Waals surface area contributed by atoms with Crippen LogP contribution in [0.5, 0.6) is 5.75 Å². The lowest BCUT2D eigenvalue weighted by atomic mass is 10.2. The number of hydrogen-bond acceptors (Lipinski definition) is 3. The van der Waals surface area contributed by atoms with Gasteiger partial charge in [-0.3, -0.25) is 9.69 Å². The molecule has 4 heteroatoms. The molecule has 1 amide bonds. The number of phenolic OH excluding ortho intramolecular Hbond substituents is 1. The van der Waals surface area contributed by atoms with Crippen LogP contribution in [0.4, 0.5) is 0 Å². The molecule has 0 aliphatic heterocycles. The normalized spacial score (nSPS) is 10.4. The van der Waals surface area contributed by atoms with E-state index >= 15 is 0 Å². The highest BCUT2D eigenvalue weighted by atomic mass is 16.3. The molecule has 1 aromatic carbocycles. The predicted molar refractivity (Wildman–Crippen MR) is 63.1 cm³/mol. The van der Waals surface area contributed by atoms with Crippen LogP contribution in [0.15, 0.2) is 24.3 Å². The highest BCUT2D eigenvalue weighted by molar-refractivity contribution is 5.77. The average molecular weight is 222 g/mol. The Bertz CT molecular complexity index is 353. The lowest BCUT2D eigenvalue weighted by Crippen LogP contribution is -2.35. The van der Waals surface area contributed by atoms with Crippen LogP contribution in [0.3, 0.4) is 0 Å². The number of amides is 1. The molecular formula is C12H18N2O2. The van der Waals surface area contributed by atoms with Crippen LogP contribution in [0.25, 0.3) is 0 Å². The maximum atomic E-state index is 11.2. The van der Waals surface area contributed by atoms with Gasteiger partial charge in [-0.1, -0.05) is 19.1 Å². The second-order valence-electron chi connectivity index (χ2n) is 3.65. The molecule has 0 aliphatic rings. The van der Waals surface area contributed by atoms with Crippen molar-refractivity contribution >= 4 is 5.91 Å². The smallest absolute Gasteiger partial charge is 0.233 e. The van der Waals surface area contributed by atoms with Gasteiger partial charge in [0.1, 0.15) is 5.75 Å². The van der Waals surface area contributed by atoms with Crippen molar-refractivity contribution < 1.29 is 9.90 Å². The van der Waals surface area contributed by atoms with Gasteiger partial charge in [0.05, 0.1) is 6.54 Å². The summed E-state index contributed by atoms with van der Waals surface area (Å²) in [5, 5.41) is 11.9. The second-order valence-corrected chi connectivity index (χ2v) is 3.65.